The van der Waals surface area contributed by atoms with Crippen LogP contribution in [0.3, 0.4) is 0 Å². The summed E-state index contributed by atoms with van der Waals surface area (Å²) < 4.78 is 2.12. The Kier molecular flexibility index (Phi) is 2.72. The lowest BCUT2D eigenvalue weighted by Crippen LogP contribution is -1.97. The number of rotatable bonds is 3. The van der Waals surface area contributed by atoms with Crippen LogP contribution >= 0.6 is 0 Å². The highest BCUT2D eigenvalue weighted by atomic mass is 16.3. The van der Waals surface area contributed by atoms with Crippen molar-refractivity contribution >= 4 is 0 Å². The average molecular weight is 202 g/mol. The van der Waals surface area contributed by atoms with Gasteiger partial charge in [-0.25, -0.2) is 4.98 Å². The van der Waals surface area contributed by atoms with Gasteiger partial charge in [-0.1, -0.05) is 6.92 Å². The van der Waals surface area contributed by atoms with Crippen molar-refractivity contribution in [3.8, 4) is 17.1 Å². The molecule has 0 unspecified atom stereocenters. The fraction of sp³-hybridized carbons (Fsp3) is 0.250. The molecular formula is C12H14N2O. The summed E-state index contributed by atoms with van der Waals surface area (Å²) in [4.78, 5) is 4.32. The highest BCUT2D eigenvalue weighted by Gasteiger charge is 2.04. The zero-order valence-corrected chi connectivity index (χ0v) is 8.72. The van der Waals surface area contributed by atoms with Gasteiger partial charge in [0.1, 0.15) is 11.6 Å². The highest BCUT2D eigenvalue weighted by molar-refractivity contribution is 5.56. The van der Waals surface area contributed by atoms with Crippen LogP contribution in [-0.2, 0) is 6.54 Å². The second-order valence-electron chi connectivity index (χ2n) is 3.49. The monoisotopic (exact) mass is 202 g/mol. The summed E-state index contributed by atoms with van der Waals surface area (Å²) in [5.41, 5.74) is 1.03. The van der Waals surface area contributed by atoms with E-state index in [1.54, 1.807) is 18.3 Å². The SMILES string of the molecule is CCCn1ccnc1-c1ccc(O)cc1. The Morgan fingerprint density at radius 3 is 2.67 bits per heavy atom. The Hall–Kier alpha value is -1.77. The van der Waals surface area contributed by atoms with Crippen LogP contribution in [0.5, 0.6) is 5.75 Å². The fourth-order valence-corrected chi connectivity index (χ4v) is 1.60. The molecular weight excluding hydrogens is 188 g/mol. The van der Waals surface area contributed by atoms with Crippen molar-refractivity contribution in [3.63, 3.8) is 0 Å². The minimum atomic E-state index is 0.285. The van der Waals surface area contributed by atoms with E-state index in [1.807, 2.05) is 18.3 Å². The summed E-state index contributed by atoms with van der Waals surface area (Å²) in [6.07, 6.45) is 4.87. The van der Waals surface area contributed by atoms with E-state index in [0.717, 1.165) is 24.4 Å². The molecule has 1 heterocycles. The lowest BCUT2D eigenvalue weighted by molar-refractivity contribution is 0.475. The number of nitrogens with zero attached hydrogens (tertiary/aromatic N) is 2. The number of phenolic OH excluding ortho intramolecular Hbond substituents is 1. The second kappa shape index (κ2) is 4.17. The Labute approximate surface area is 89.0 Å². The summed E-state index contributed by atoms with van der Waals surface area (Å²) in [6.45, 7) is 3.11. The van der Waals surface area contributed by atoms with Crippen molar-refractivity contribution < 1.29 is 5.11 Å². The van der Waals surface area contributed by atoms with Gasteiger partial charge in [0.25, 0.3) is 0 Å². The number of aromatic nitrogens is 2. The predicted octanol–water partition coefficient (Wildman–Crippen LogP) is 2.67. The molecule has 15 heavy (non-hydrogen) atoms. The van der Waals surface area contributed by atoms with Crippen molar-refractivity contribution in [3.05, 3.63) is 36.7 Å². The van der Waals surface area contributed by atoms with Crippen LogP contribution in [0, 0.1) is 0 Å². The molecule has 0 aliphatic heterocycles. The molecule has 0 aliphatic rings. The molecule has 3 heteroatoms. The van der Waals surface area contributed by atoms with Crippen LogP contribution in [0.25, 0.3) is 11.4 Å². The maximum atomic E-state index is 9.20. The topological polar surface area (TPSA) is 38.0 Å². The minimum Gasteiger partial charge on any atom is -0.508 e. The van der Waals surface area contributed by atoms with Crippen molar-refractivity contribution in [2.75, 3.05) is 0 Å². The molecule has 0 saturated carbocycles. The van der Waals surface area contributed by atoms with Crippen molar-refractivity contribution in [1.82, 2.24) is 9.55 Å². The van der Waals surface area contributed by atoms with E-state index in [2.05, 4.69) is 16.5 Å². The van der Waals surface area contributed by atoms with Gasteiger partial charge in [0.2, 0.25) is 0 Å². The number of hydrogen-bond acceptors (Lipinski definition) is 2. The van der Waals surface area contributed by atoms with Crippen LogP contribution in [-0.4, -0.2) is 14.7 Å². The molecule has 3 nitrogen and oxygen atoms in total. The zero-order valence-electron chi connectivity index (χ0n) is 8.72. The van der Waals surface area contributed by atoms with E-state index >= 15 is 0 Å². The largest absolute Gasteiger partial charge is 0.508 e. The van der Waals surface area contributed by atoms with Gasteiger partial charge in [0.15, 0.2) is 0 Å². The molecule has 0 radical (unpaired) electrons. The van der Waals surface area contributed by atoms with E-state index in [4.69, 9.17) is 0 Å². The lowest BCUT2D eigenvalue weighted by Gasteiger charge is -2.05. The average Bonchev–Trinajstić information content (AvgIpc) is 2.68. The molecule has 0 aliphatic carbocycles. The molecule has 2 aromatic rings. The molecule has 78 valence electrons. The van der Waals surface area contributed by atoms with Gasteiger partial charge < -0.3 is 9.67 Å². The summed E-state index contributed by atoms with van der Waals surface area (Å²) in [6, 6.07) is 7.12. The summed E-state index contributed by atoms with van der Waals surface area (Å²) in [7, 11) is 0. The summed E-state index contributed by atoms with van der Waals surface area (Å²) in [5, 5.41) is 9.20. The first kappa shape index (κ1) is 9.77. The van der Waals surface area contributed by atoms with Crippen LogP contribution in [0.4, 0.5) is 0 Å². The van der Waals surface area contributed by atoms with Gasteiger partial charge in [-0.15, -0.1) is 0 Å². The molecule has 0 amide bonds. The van der Waals surface area contributed by atoms with E-state index in [1.165, 1.54) is 0 Å². The zero-order chi connectivity index (χ0) is 10.7. The van der Waals surface area contributed by atoms with Crippen molar-refractivity contribution in [2.24, 2.45) is 0 Å². The molecule has 1 aromatic heterocycles. The van der Waals surface area contributed by atoms with Crippen LogP contribution in [0.1, 0.15) is 13.3 Å². The van der Waals surface area contributed by atoms with Gasteiger partial charge >= 0.3 is 0 Å². The molecule has 0 saturated heterocycles. The Morgan fingerprint density at radius 1 is 1.27 bits per heavy atom. The van der Waals surface area contributed by atoms with E-state index in [0.29, 0.717) is 0 Å². The van der Waals surface area contributed by atoms with Gasteiger partial charge in [0.05, 0.1) is 0 Å². The van der Waals surface area contributed by atoms with Crippen molar-refractivity contribution in [1.29, 1.82) is 0 Å². The predicted molar refractivity (Wildman–Crippen MR) is 59.6 cm³/mol. The Morgan fingerprint density at radius 2 is 2.00 bits per heavy atom. The van der Waals surface area contributed by atoms with Gasteiger partial charge in [-0.05, 0) is 30.7 Å². The summed E-state index contributed by atoms with van der Waals surface area (Å²) >= 11 is 0. The molecule has 0 fully saturated rings. The fourth-order valence-electron chi connectivity index (χ4n) is 1.60. The number of benzene rings is 1. The quantitative estimate of drug-likeness (QED) is 0.830. The van der Waals surface area contributed by atoms with Crippen LogP contribution < -0.4 is 0 Å². The second-order valence-corrected chi connectivity index (χ2v) is 3.49. The normalized spacial score (nSPS) is 10.5. The number of hydrogen-bond donors (Lipinski definition) is 1. The third-order valence-corrected chi connectivity index (χ3v) is 2.31. The van der Waals surface area contributed by atoms with Crippen molar-refractivity contribution in [2.45, 2.75) is 19.9 Å². The van der Waals surface area contributed by atoms with Gasteiger partial charge in [-0.2, -0.15) is 0 Å². The van der Waals surface area contributed by atoms with Gasteiger partial charge in [0, 0.05) is 24.5 Å². The first-order valence-corrected chi connectivity index (χ1v) is 5.12. The van der Waals surface area contributed by atoms with E-state index < -0.39 is 0 Å². The van der Waals surface area contributed by atoms with Gasteiger partial charge in [-0.3, -0.25) is 0 Å². The minimum absolute atomic E-state index is 0.285. The standard InChI is InChI=1S/C12H14N2O/c1-2-8-14-9-7-13-12(14)10-3-5-11(15)6-4-10/h3-7,9,15H,2,8H2,1H3. The third kappa shape index (κ3) is 2.01. The molecule has 1 aromatic carbocycles. The van der Waals surface area contributed by atoms with Crippen LogP contribution in [0.15, 0.2) is 36.7 Å². The molecule has 0 atom stereocenters. The highest BCUT2D eigenvalue weighted by Crippen LogP contribution is 2.20. The number of aryl methyl sites for hydroxylation is 1. The molecule has 2 rings (SSSR count). The van der Waals surface area contributed by atoms with Crippen LogP contribution in [0.2, 0.25) is 0 Å². The Bertz CT molecular complexity index is 431. The first-order valence-electron chi connectivity index (χ1n) is 5.12. The first-order chi connectivity index (χ1) is 7.31. The lowest BCUT2D eigenvalue weighted by atomic mass is 10.2. The number of phenols is 1. The molecule has 0 bridgehead atoms. The Balaban J connectivity index is 2.36. The summed E-state index contributed by atoms with van der Waals surface area (Å²) in [5.74, 6) is 1.24. The number of imidazole rings is 1. The third-order valence-electron chi connectivity index (χ3n) is 2.31. The maximum absolute atomic E-state index is 9.20. The van der Waals surface area contributed by atoms with E-state index in [-0.39, 0.29) is 5.75 Å². The van der Waals surface area contributed by atoms with E-state index in [9.17, 15) is 5.11 Å². The molecule has 1 N–H and O–H groups in total. The smallest absolute Gasteiger partial charge is 0.139 e. The number of aromatic hydroxyl groups is 1. The molecule has 0 spiro atoms. The maximum Gasteiger partial charge on any atom is 0.139 e.